The van der Waals surface area contributed by atoms with Gasteiger partial charge in [-0.3, -0.25) is 9.69 Å². The van der Waals surface area contributed by atoms with Crippen LogP contribution in [-0.4, -0.2) is 69.1 Å². The number of nitrogens with one attached hydrogen (secondary N) is 1. The lowest BCUT2D eigenvalue weighted by Gasteiger charge is -2.33. The average molecular weight is 314 g/mol. The molecule has 0 saturated carbocycles. The van der Waals surface area contributed by atoms with Gasteiger partial charge < -0.3 is 15.0 Å². The molecule has 2 N–H and O–H groups in total. The van der Waals surface area contributed by atoms with E-state index in [0.717, 1.165) is 24.1 Å². The maximum Gasteiger partial charge on any atom is 0.289 e. The predicted octanol–water partition coefficient (Wildman–Crippen LogP) is 1.23. The summed E-state index contributed by atoms with van der Waals surface area (Å²) >= 11 is 0. The molecule has 2 aromatic rings. The number of hydrogen-bond donors (Lipinski definition) is 2. The van der Waals surface area contributed by atoms with Crippen LogP contribution in [0.15, 0.2) is 24.3 Å². The Labute approximate surface area is 135 Å². The normalized spacial score (nSPS) is 26.0. The Bertz CT molecular complexity index is 674. The lowest BCUT2D eigenvalue weighted by molar-refractivity contribution is 0.0702. The zero-order valence-electron chi connectivity index (χ0n) is 13.1. The number of aliphatic hydroxyl groups excluding tert-OH is 1. The zero-order chi connectivity index (χ0) is 15.8. The highest BCUT2D eigenvalue weighted by atomic mass is 16.3. The molecule has 1 aromatic heterocycles. The molecule has 4 rings (SSSR count). The fraction of sp³-hybridized carbons (Fsp3) is 0.529. The van der Waals surface area contributed by atoms with E-state index in [-0.39, 0.29) is 11.9 Å². The molecular formula is C17H22N4O2. The first-order valence-electron chi connectivity index (χ1n) is 8.38. The predicted molar refractivity (Wildman–Crippen MR) is 87.2 cm³/mol. The van der Waals surface area contributed by atoms with E-state index in [4.69, 9.17) is 0 Å². The van der Waals surface area contributed by atoms with E-state index in [2.05, 4.69) is 14.9 Å². The third kappa shape index (κ3) is 2.72. The molecule has 2 aliphatic heterocycles. The molecule has 0 radical (unpaired) electrons. The Kier molecular flexibility index (Phi) is 3.79. The summed E-state index contributed by atoms with van der Waals surface area (Å²) in [5.41, 5.74) is 1.66. The van der Waals surface area contributed by atoms with Gasteiger partial charge in [0, 0.05) is 13.1 Å². The van der Waals surface area contributed by atoms with E-state index in [9.17, 15) is 9.90 Å². The summed E-state index contributed by atoms with van der Waals surface area (Å²) in [4.78, 5) is 24.2. The highest BCUT2D eigenvalue weighted by molar-refractivity contribution is 5.94. The number of aliphatic hydroxyl groups is 1. The van der Waals surface area contributed by atoms with Crippen molar-refractivity contribution in [3.63, 3.8) is 0 Å². The third-order valence-corrected chi connectivity index (χ3v) is 5.00. The van der Waals surface area contributed by atoms with Gasteiger partial charge in [-0.15, -0.1) is 0 Å². The van der Waals surface area contributed by atoms with Crippen LogP contribution in [0.2, 0.25) is 0 Å². The molecule has 122 valence electrons. The summed E-state index contributed by atoms with van der Waals surface area (Å²) in [6, 6.07) is 7.68. The lowest BCUT2D eigenvalue weighted by atomic mass is 10.1. The summed E-state index contributed by atoms with van der Waals surface area (Å²) in [5.74, 6) is 0.234. The van der Waals surface area contributed by atoms with Crippen LogP contribution in [0.4, 0.5) is 0 Å². The Morgan fingerprint density at radius 1 is 1.17 bits per heavy atom. The van der Waals surface area contributed by atoms with E-state index in [0.29, 0.717) is 18.9 Å². The highest BCUT2D eigenvalue weighted by Gasteiger charge is 2.38. The lowest BCUT2D eigenvalue weighted by Crippen LogP contribution is -2.46. The molecule has 0 bridgehead atoms. The Balaban J connectivity index is 1.50. The summed E-state index contributed by atoms with van der Waals surface area (Å²) in [6.45, 7) is 3.01. The largest absolute Gasteiger partial charge is 0.390 e. The van der Waals surface area contributed by atoms with Crippen molar-refractivity contribution in [2.75, 3.05) is 26.2 Å². The van der Waals surface area contributed by atoms with Gasteiger partial charge in [-0.05, 0) is 38.1 Å². The Hall–Kier alpha value is -1.92. The molecule has 2 saturated heterocycles. The van der Waals surface area contributed by atoms with Gasteiger partial charge in [-0.2, -0.15) is 0 Å². The van der Waals surface area contributed by atoms with Crippen LogP contribution in [0.1, 0.15) is 29.9 Å². The number of fused-ring (bicyclic) bond motifs is 1. The molecular weight excluding hydrogens is 292 g/mol. The molecule has 2 aliphatic rings. The maximum atomic E-state index is 12.7. The number of imidazole rings is 1. The molecule has 6 nitrogen and oxygen atoms in total. The molecule has 0 spiro atoms. The number of hydrogen-bond acceptors (Lipinski definition) is 4. The first kappa shape index (κ1) is 14.7. The smallest absolute Gasteiger partial charge is 0.289 e. The van der Waals surface area contributed by atoms with Gasteiger partial charge in [-0.1, -0.05) is 18.6 Å². The number of carbonyl (C=O) groups excluding carboxylic acids is 1. The summed E-state index contributed by atoms with van der Waals surface area (Å²) in [7, 11) is 0. The molecule has 1 aromatic carbocycles. The van der Waals surface area contributed by atoms with E-state index >= 15 is 0 Å². The number of piperidine rings is 1. The van der Waals surface area contributed by atoms with Crippen LogP contribution in [0.25, 0.3) is 11.0 Å². The van der Waals surface area contributed by atoms with Gasteiger partial charge in [0.2, 0.25) is 0 Å². The van der Waals surface area contributed by atoms with Gasteiger partial charge in [0.05, 0.1) is 23.2 Å². The summed E-state index contributed by atoms with van der Waals surface area (Å²) in [5, 5.41) is 10.4. The van der Waals surface area contributed by atoms with Gasteiger partial charge in [0.1, 0.15) is 0 Å². The number of benzene rings is 1. The molecule has 23 heavy (non-hydrogen) atoms. The standard InChI is InChI=1S/C17H22N4O2/c22-15-11-21(10-14(15)20-8-4-1-5-9-20)17(23)16-18-12-6-2-3-7-13(12)19-16/h2-3,6-7,14-15,22H,1,4-5,8-11H2,(H,18,19)/t14-,15-/m0/s1. The minimum absolute atomic E-state index is 0.0589. The number of H-pyrrole nitrogens is 1. The number of likely N-dealkylation sites (tertiary alicyclic amines) is 2. The zero-order valence-corrected chi connectivity index (χ0v) is 13.1. The van der Waals surface area contributed by atoms with Crippen molar-refractivity contribution in [1.82, 2.24) is 19.8 Å². The number of carbonyl (C=O) groups is 1. The molecule has 1 amide bonds. The first-order chi connectivity index (χ1) is 11.2. The molecule has 0 unspecified atom stereocenters. The average Bonchev–Trinajstić information content (AvgIpc) is 3.18. The van der Waals surface area contributed by atoms with Crippen LogP contribution < -0.4 is 0 Å². The number of aromatic amines is 1. The van der Waals surface area contributed by atoms with E-state index < -0.39 is 6.10 Å². The van der Waals surface area contributed by atoms with Crippen molar-refractivity contribution in [2.45, 2.75) is 31.4 Å². The second kappa shape index (κ2) is 5.94. The second-order valence-electron chi connectivity index (χ2n) is 6.54. The SMILES string of the molecule is O=C(c1nc2ccccc2[nH]1)N1C[C@H](O)[C@@H](N2CCCCC2)C1. The van der Waals surface area contributed by atoms with Crippen molar-refractivity contribution >= 4 is 16.9 Å². The van der Waals surface area contributed by atoms with E-state index in [1.165, 1.54) is 19.3 Å². The number of amides is 1. The van der Waals surface area contributed by atoms with E-state index in [1.54, 1.807) is 4.90 Å². The van der Waals surface area contributed by atoms with Crippen molar-refractivity contribution in [2.24, 2.45) is 0 Å². The first-order valence-corrected chi connectivity index (χ1v) is 8.38. The van der Waals surface area contributed by atoms with Crippen molar-refractivity contribution in [3.8, 4) is 0 Å². The van der Waals surface area contributed by atoms with Crippen LogP contribution in [0.5, 0.6) is 0 Å². The third-order valence-electron chi connectivity index (χ3n) is 5.00. The quantitative estimate of drug-likeness (QED) is 0.874. The monoisotopic (exact) mass is 314 g/mol. The maximum absolute atomic E-state index is 12.7. The van der Waals surface area contributed by atoms with Gasteiger partial charge in [-0.25, -0.2) is 4.98 Å². The molecule has 3 heterocycles. The highest BCUT2D eigenvalue weighted by Crippen LogP contribution is 2.22. The van der Waals surface area contributed by atoms with Crippen LogP contribution in [-0.2, 0) is 0 Å². The van der Waals surface area contributed by atoms with Gasteiger partial charge in [0.15, 0.2) is 5.82 Å². The van der Waals surface area contributed by atoms with Crippen molar-refractivity contribution in [1.29, 1.82) is 0 Å². The van der Waals surface area contributed by atoms with Crippen LogP contribution >= 0.6 is 0 Å². The number of para-hydroxylation sites is 2. The fourth-order valence-electron chi connectivity index (χ4n) is 3.75. The summed E-state index contributed by atoms with van der Waals surface area (Å²) < 4.78 is 0. The molecule has 2 fully saturated rings. The van der Waals surface area contributed by atoms with Crippen LogP contribution in [0, 0.1) is 0 Å². The minimum atomic E-state index is -0.471. The molecule has 2 atom stereocenters. The number of aromatic nitrogens is 2. The van der Waals surface area contributed by atoms with Gasteiger partial charge >= 0.3 is 0 Å². The Morgan fingerprint density at radius 3 is 2.74 bits per heavy atom. The molecule has 0 aliphatic carbocycles. The fourth-order valence-corrected chi connectivity index (χ4v) is 3.75. The number of β-amino-alcohol motifs (C(OH)–C–C–N with tert-alkyl or cyclic N) is 1. The molecule has 6 heteroatoms. The second-order valence-corrected chi connectivity index (χ2v) is 6.54. The van der Waals surface area contributed by atoms with Crippen molar-refractivity contribution < 1.29 is 9.90 Å². The van der Waals surface area contributed by atoms with Crippen LogP contribution in [0.3, 0.4) is 0 Å². The Morgan fingerprint density at radius 2 is 1.96 bits per heavy atom. The van der Waals surface area contributed by atoms with Crippen molar-refractivity contribution in [3.05, 3.63) is 30.1 Å². The minimum Gasteiger partial charge on any atom is -0.390 e. The van der Waals surface area contributed by atoms with Gasteiger partial charge in [0.25, 0.3) is 5.91 Å². The number of rotatable bonds is 2. The summed E-state index contributed by atoms with van der Waals surface area (Å²) in [6.07, 6.45) is 3.16. The van der Waals surface area contributed by atoms with E-state index in [1.807, 2.05) is 24.3 Å². The number of nitrogens with zero attached hydrogens (tertiary/aromatic N) is 3. The topological polar surface area (TPSA) is 72.5 Å².